The zero-order valence-electron chi connectivity index (χ0n) is 10.2. The summed E-state index contributed by atoms with van der Waals surface area (Å²) in [6, 6.07) is 19.0. The highest BCUT2D eigenvalue weighted by atomic mass is 79.9. The molecule has 0 aliphatic rings. The van der Waals surface area contributed by atoms with Crippen molar-refractivity contribution in [1.29, 1.82) is 0 Å². The Morgan fingerprint density at radius 2 is 1.68 bits per heavy atom. The maximum Gasteiger partial charge on any atom is 0.136 e. The topological polar surface area (TPSA) is 13.1 Å². The minimum atomic E-state index is 0.857. The molecule has 92 valence electrons. The Labute approximate surface area is 119 Å². The number of hydrogen-bond donors (Lipinski definition) is 0. The molecule has 0 bridgehead atoms. The minimum Gasteiger partial charge on any atom is -0.456 e. The van der Waals surface area contributed by atoms with E-state index in [4.69, 9.17) is 4.42 Å². The van der Waals surface area contributed by atoms with Crippen LogP contribution in [0.4, 0.5) is 0 Å². The van der Waals surface area contributed by atoms with Crippen LogP contribution in [-0.4, -0.2) is 0 Å². The van der Waals surface area contributed by atoms with Gasteiger partial charge < -0.3 is 4.42 Å². The highest BCUT2D eigenvalue weighted by Gasteiger charge is 2.09. The molecule has 0 aliphatic heterocycles. The summed E-state index contributed by atoms with van der Waals surface area (Å²) in [5.41, 5.74) is 3.20. The van der Waals surface area contributed by atoms with Gasteiger partial charge in [0.1, 0.15) is 11.2 Å². The first-order chi connectivity index (χ1) is 9.36. The van der Waals surface area contributed by atoms with Crippen molar-refractivity contribution in [2.24, 2.45) is 0 Å². The number of fused-ring (bicyclic) bond motifs is 4. The molecule has 0 unspecified atom stereocenters. The predicted octanol–water partition coefficient (Wildman–Crippen LogP) is 5.63. The molecule has 3 aromatic carbocycles. The number of para-hydroxylation sites is 1. The van der Waals surface area contributed by atoms with E-state index in [9.17, 15) is 0 Å². The second-order valence-corrected chi connectivity index (χ2v) is 5.28. The van der Waals surface area contributed by atoms with Gasteiger partial charge in [-0.2, -0.15) is 0 Å². The molecule has 0 saturated carbocycles. The average Bonchev–Trinajstić information content (AvgIpc) is 2.82. The van der Waals surface area contributed by atoms with Crippen molar-refractivity contribution in [1.82, 2.24) is 0 Å². The summed E-state index contributed by atoms with van der Waals surface area (Å²) >= 11 is 3.55. The molecule has 4 aromatic rings. The van der Waals surface area contributed by atoms with Gasteiger partial charge >= 0.3 is 0 Å². The zero-order valence-corrected chi connectivity index (χ0v) is 11.8. The van der Waals surface area contributed by atoms with E-state index < -0.39 is 0 Å². The average molecular weight is 311 g/mol. The Bertz CT molecular complexity index is 905. The molecule has 0 spiro atoms. The molecule has 0 fully saturated rings. The van der Waals surface area contributed by atoms with Gasteiger partial charge in [-0.3, -0.25) is 0 Å². The number of hydrogen-bond acceptors (Lipinski definition) is 1. The van der Waals surface area contributed by atoms with Crippen LogP contribution in [0.3, 0.4) is 0 Å². The Morgan fingerprint density at radius 3 is 2.58 bits per heavy atom. The first kappa shape index (κ1) is 11.1. The summed E-state index contributed by atoms with van der Waals surface area (Å²) < 4.78 is 5.94. The van der Waals surface area contributed by atoms with Crippen molar-refractivity contribution < 1.29 is 4.42 Å². The lowest BCUT2D eigenvalue weighted by Crippen LogP contribution is -1.81. The predicted molar refractivity (Wildman–Crippen MR) is 83.9 cm³/mol. The molecule has 0 saturated heterocycles. The van der Waals surface area contributed by atoms with E-state index in [0.717, 1.165) is 16.5 Å². The normalized spacial score (nSPS) is 11.6. The molecular formula is C17H11BrO. The molecule has 1 nitrogen and oxygen atoms in total. The minimum absolute atomic E-state index is 0.857. The third-order valence-corrected chi connectivity index (χ3v) is 4.22. The highest BCUT2D eigenvalue weighted by molar-refractivity contribution is 9.08. The highest BCUT2D eigenvalue weighted by Crippen LogP contribution is 2.33. The summed E-state index contributed by atoms with van der Waals surface area (Å²) in [6.45, 7) is 0. The quantitative estimate of drug-likeness (QED) is 0.415. The smallest absolute Gasteiger partial charge is 0.136 e. The third-order valence-electron chi connectivity index (χ3n) is 3.61. The van der Waals surface area contributed by atoms with Crippen molar-refractivity contribution in [2.75, 3.05) is 0 Å². The van der Waals surface area contributed by atoms with Gasteiger partial charge in [0.25, 0.3) is 0 Å². The largest absolute Gasteiger partial charge is 0.456 e. The van der Waals surface area contributed by atoms with Crippen LogP contribution in [0.2, 0.25) is 0 Å². The zero-order chi connectivity index (χ0) is 12.8. The fourth-order valence-corrected chi connectivity index (χ4v) is 3.17. The number of benzene rings is 3. The van der Waals surface area contributed by atoms with Crippen LogP contribution in [0.25, 0.3) is 32.7 Å². The molecule has 0 amide bonds. The summed E-state index contributed by atoms with van der Waals surface area (Å²) in [7, 11) is 0. The van der Waals surface area contributed by atoms with Crippen LogP contribution in [-0.2, 0) is 5.33 Å². The Hall–Kier alpha value is -1.80. The number of halogens is 1. The number of furan rings is 1. The summed E-state index contributed by atoms with van der Waals surface area (Å²) in [5, 5.41) is 5.75. The first-order valence-corrected chi connectivity index (χ1v) is 7.38. The van der Waals surface area contributed by atoms with Crippen molar-refractivity contribution in [3.63, 3.8) is 0 Å². The van der Waals surface area contributed by atoms with E-state index in [0.29, 0.717) is 0 Å². The number of rotatable bonds is 1. The van der Waals surface area contributed by atoms with Crippen LogP contribution in [0.5, 0.6) is 0 Å². The SMILES string of the molecule is BrCc1cccc2cc3c(cc12)oc1ccccc13. The summed E-state index contributed by atoms with van der Waals surface area (Å²) in [5.74, 6) is 0. The lowest BCUT2D eigenvalue weighted by molar-refractivity contribution is 0.669. The van der Waals surface area contributed by atoms with Crippen LogP contribution in [0, 0.1) is 0 Å². The van der Waals surface area contributed by atoms with Gasteiger partial charge in [0.2, 0.25) is 0 Å². The first-order valence-electron chi connectivity index (χ1n) is 6.26. The van der Waals surface area contributed by atoms with E-state index in [2.05, 4.69) is 58.4 Å². The van der Waals surface area contributed by atoms with Crippen molar-refractivity contribution >= 4 is 48.6 Å². The molecule has 0 atom stereocenters. The van der Waals surface area contributed by atoms with Gasteiger partial charge in [-0.15, -0.1) is 0 Å². The molecule has 4 rings (SSSR count). The van der Waals surface area contributed by atoms with Crippen molar-refractivity contribution in [2.45, 2.75) is 5.33 Å². The Morgan fingerprint density at radius 1 is 0.789 bits per heavy atom. The van der Waals surface area contributed by atoms with Gasteiger partial charge in [-0.25, -0.2) is 0 Å². The van der Waals surface area contributed by atoms with E-state index in [1.54, 1.807) is 0 Å². The maximum absolute atomic E-state index is 5.94. The second kappa shape index (κ2) is 4.10. The van der Waals surface area contributed by atoms with Crippen molar-refractivity contribution in [3.8, 4) is 0 Å². The molecule has 1 aromatic heterocycles. The molecule has 0 N–H and O–H groups in total. The maximum atomic E-state index is 5.94. The molecule has 2 heteroatoms. The standard InChI is InChI=1S/C17H11BrO/c18-10-12-5-3-4-11-8-15-13-6-1-2-7-16(13)19-17(15)9-14(11)12/h1-9H,10H2. The Balaban J connectivity index is 2.21. The lowest BCUT2D eigenvalue weighted by Gasteiger charge is -2.03. The van der Waals surface area contributed by atoms with E-state index >= 15 is 0 Å². The number of alkyl halides is 1. The molecular weight excluding hydrogens is 300 g/mol. The van der Waals surface area contributed by atoms with Crippen molar-refractivity contribution in [3.05, 3.63) is 60.2 Å². The van der Waals surface area contributed by atoms with Gasteiger partial charge in [-0.05, 0) is 34.5 Å². The van der Waals surface area contributed by atoms with Crippen LogP contribution < -0.4 is 0 Å². The fourth-order valence-electron chi connectivity index (χ4n) is 2.68. The summed E-state index contributed by atoms with van der Waals surface area (Å²) in [6.07, 6.45) is 0. The third kappa shape index (κ3) is 1.60. The Kier molecular flexibility index (Phi) is 2.39. The molecule has 1 heterocycles. The monoisotopic (exact) mass is 310 g/mol. The lowest BCUT2D eigenvalue weighted by atomic mass is 10.0. The van der Waals surface area contributed by atoms with Crippen LogP contribution >= 0.6 is 15.9 Å². The molecule has 0 radical (unpaired) electrons. The molecule has 19 heavy (non-hydrogen) atoms. The molecule has 0 aliphatic carbocycles. The van der Waals surface area contributed by atoms with Gasteiger partial charge in [-0.1, -0.05) is 52.3 Å². The van der Waals surface area contributed by atoms with Gasteiger partial charge in [0, 0.05) is 16.1 Å². The van der Waals surface area contributed by atoms with E-state index in [-0.39, 0.29) is 0 Å². The van der Waals surface area contributed by atoms with Gasteiger partial charge in [0.15, 0.2) is 0 Å². The fraction of sp³-hybridized carbons (Fsp3) is 0.0588. The van der Waals surface area contributed by atoms with Crippen LogP contribution in [0.1, 0.15) is 5.56 Å². The van der Waals surface area contributed by atoms with E-state index in [1.165, 1.54) is 27.1 Å². The van der Waals surface area contributed by atoms with Crippen LogP contribution in [0.15, 0.2) is 59.0 Å². The van der Waals surface area contributed by atoms with E-state index in [1.807, 2.05) is 12.1 Å². The summed E-state index contributed by atoms with van der Waals surface area (Å²) in [4.78, 5) is 0. The second-order valence-electron chi connectivity index (χ2n) is 4.72. The van der Waals surface area contributed by atoms with Gasteiger partial charge in [0.05, 0.1) is 0 Å².